The number of nitrogens with zero attached hydrogens (tertiary/aromatic N) is 2. The molecule has 0 aliphatic carbocycles. The Morgan fingerprint density at radius 3 is 2.83 bits per heavy atom. The predicted octanol–water partition coefficient (Wildman–Crippen LogP) is 1.92. The standard InChI is InChI=1S/C14H13N3O/c1-10-4-2-5-11(8-10)9-12-15-13-6-3-7-14(18)17(13)16-12/h2-8H,9H2,1H3,(H,15,16). The SMILES string of the molecule is Cc1cccc(Cc2nc3cccc(=O)n3[nH]2)c1. The maximum absolute atomic E-state index is 11.6. The second-order valence-corrected chi connectivity index (χ2v) is 4.39. The summed E-state index contributed by atoms with van der Waals surface area (Å²) in [5.74, 6) is 0.795. The number of pyridine rings is 1. The number of benzene rings is 1. The first-order valence-corrected chi connectivity index (χ1v) is 5.84. The molecule has 0 unspecified atom stereocenters. The molecule has 4 nitrogen and oxygen atoms in total. The Kier molecular flexibility index (Phi) is 2.48. The molecule has 2 heterocycles. The molecule has 0 bridgehead atoms. The van der Waals surface area contributed by atoms with E-state index in [9.17, 15) is 4.79 Å². The fourth-order valence-electron chi connectivity index (χ4n) is 2.06. The van der Waals surface area contributed by atoms with Crippen molar-refractivity contribution in [3.8, 4) is 0 Å². The maximum Gasteiger partial charge on any atom is 0.271 e. The summed E-state index contributed by atoms with van der Waals surface area (Å²) in [6.07, 6.45) is 0.697. The van der Waals surface area contributed by atoms with Crippen molar-refractivity contribution >= 4 is 5.65 Å². The minimum Gasteiger partial charge on any atom is -0.276 e. The van der Waals surface area contributed by atoms with E-state index in [2.05, 4.69) is 35.2 Å². The largest absolute Gasteiger partial charge is 0.276 e. The zero-order valence-corrected chi connectivity index (χ0v) is 10.1. The first-order valence-electron chi connectivity index (χ1n) is 5.84. The second-order valence-electron chi connectivity index (χ2n) is 4.39. The van der Waals surface area contributed by atoms with Crippen molar-refractivity contribution in [2.75, 3.05) is 0 Å². The van der Waals surface area contributed by atoms with E-state index in [1.807, 2.05) is 12.1 Å². The van der Waals surface area contributed by atoms with Crippen LogP contribution in [0.15, 0.2) is 47.3 Å². The molecule has 0 atom stereocenters. The van der Waals surface area contributed by atoms with E-state index in [0.29, 0.717) is 12.1 Å². The van der Waals surface area contributed by atoms with Crippen LogP contribution >= 0.6 is 0 Å². The van der Waals surface area contributed by atoms with Crippen molar-refractivity contribution < 1.29 is 0 Å². The molecule has 18 heavy (non-hydrogen) atoms. The highest BCUT2D eigenvalue weighted by Crippen LogP contribution is 2.09. The molecule has 0 radical (unpaired) electrons. The van der Waals surface area contributed by atoms with E-state index in [4.69, 9.17) is 0 Å². The molecule has 90 valence electrons. The first kappa shape index (κ1) is 10.8. The lowest BCUT2D eigenvalue weighted by Crippen LogP contribution is -2.11. The monoisotopic (exact) mass is 239 g/mol. The molecule has 0 aliphatic rings. The summed E-state index contributed by atoms with van der Waals surface area (Å²) in [7, 11) is 0. The molecule has 0 amide bonds. The van der Waals surface area contributed by atoms with Crippen molar-refractivity contribution in [1.29, 1.82) is 0 Å². The minimum atomic E-state index is -0.0875. The van der Waals surface area contributed by atoms with E-state index < -0.39 is 0 Å². The molecular weight excluding hydrogens is 226 g/mol. The topological polar surface area (TPSA) is 50.2 Å². The average molecular weight is 239 g/mol. The number of hydrogen-bond donors (Lipinski definition) is 1. The van der Waals surface area contributed by atoms with Gasteiger partial charge in [-0.15, -0.1) is 0 Å². The third-order valence-electron chi connectivity index (χ3n) is 2.88. The number of hydrogen-bond acceptors (Lipinski definition) is 2. The molecule has 0 spiro atoms. The number of aryl methyl sites for hydroxylation is 1. The van der Waals surface area contributed by atoms with Crippen LogP contribution in [0.25, 0.3) is 5.65 Å². The summed E-state index contributed by atoms with van der Waals surface area (Å²) >= 11 is 0. The summed E-state index contributed by atoms with van der Waals surface area (Å²) in [6, 6.07) is 13.3. The summed E-state index contributed by atoms with van der Waals surface area (Å²) in [5, 5.41) is 3.02. The molecule has 4 heteroatoms. The molecule has 3 aromatic rings. The van der Waals surface area contributed by atoms with Gasteiger partial charge in [-0.3, -0.25) is 9.89 Å². The fraction of sp³-hybridized carbons (Fsp3) is 0.143. The zero-order valence-electron chi connectivity index (χ0n) is 10.1. The Balaban J connectivity index is 2.01. The Morgan fingerprint density at radius 1 is 1.22 bits per heavy atom. The van der Waals surface area contributed by atoms with Gasteiger partial charge in [-0.1, -0.05) is 35.9 Å². The van der Waals surface area contributed by atoms with Crippen LogP contribution in [0, 0.1) is 6.92 Å². The second kappa shape index (κ2) is 4.14. The van der Waals surface area contributed by atoms with Gasteiger partial charge in [0.05, 0.1) is 0 Å². The van der Waals surface area contributed by atoms with Gasteiger partial charge < -0.3 is 0 Å². The molecule has 1 N–H and O–H groups in total. The maximum atomic E-state index is 11.6. The first-order chi connectivity index (χ1) is 8.72. The Labute approximate surface area is 104 Å². The van der Waals surface area contributed by atoms with Crippen LogP contribution in [0.1, 0.15) is 17.0 Å². The van der Waals surface area contributed by atoms with Crippen LogP contribution in [0.4, 0.5) is 0 Å². The summed E-state index contributed by atoms with van der Waals surface area (Å²) in [5.41, 5.74) is 2.98. The summed E-state index contributed by atoms with van der Waals surface area (Å²) in [6.45, 7) is 2.06. The van der Waals surface area contributed by atoms with E-state index >= 15 is 0 Å². The van der Waals surface area contributed by atoms with Crippen molar-refractivity contribution in [3.05, 3.63) is 69.8 Å². The van der Waals surface area contributed by atoms with Crippen molar-refractivity contribution in [2.45, 2.75) is 13.3 Å². The molecule has 2 aromatic heterocycles. The van der Waals surface area contributed by atoms with Gasteiger partial charge in [0.1, 0.15) is 5.82 Å². The van der Waals surface area contributed by atoms with Crippen LogP contribution < -0.4 is 5.56 Å². The van der Waals surface area contributed by atoms with Gasteiger partial charge in [0.2, 0.25) is 0 Å². The van der Waals surface area contributed by atoms with Crippen LogP contribution in [-0.2, 0) is 6.42 Å². The molecule has 0 saturated heterocycles. The highest BCUT2D eigenvalue weighted by Gasteiger charge is 2.04. The van der Waals surface area contributed by atoms with Gasteiger partial charge in [-0.05, 0) is 18.6 Å². The summed E-state index contributed by atoms with van der Waals surface area (Å²) < 4.78 is 1.46. The minimum absolute atomic E-state index is 0.0875. The van der Waals surface area contributed by atoms with Gasteiger partial charge in [0.15, 0.2) is 5.65 Å². The normalized spacial score (nSPS) is 10.9. The Morgan fingerprint density at radius 2 is 2.06 bits per heavy atom. The van der Waals surface area contributed by atoms with Gasteiger partial charge in [-0.2, -0.15) is 0 Å². The Hall–Kier alpha value is -2.36. The third kappa shape index (κ3) is 1.93. The molecular formula is C14H13N3O. The lowest BCUT2D eigenvalue weighted by atomic mass is 10.1. The number of fused-ring (bicyclic) bond motifs is 1. The zero-order chi connectivity index (χ0) is 12.5. The van der Waals surface area contributed by atoms with Crippen LogP contribution in [0.2, 0.25) is 0 Å². The number of nitrogens with one attached hydrogen (secondary N) is 1. The lowest BCUT2D eigenvalue weighted by molar-refractivity contribution is 0.873. The van der Waals surface area contributed by atoms with Crippen molar-refractivity contribution in [2.24, 2.45) is 0 Å². The Bertz CT molecular complexity index is 755. The molecule has 0 aliphatic heterocycles. The van der Waals surface area contributed by atoms with E-state index in [0.717, 1.165) is 5.82 Å². The smallest absolute Gasteiger partial charge is 0.271 e. The predicted molar refractivity (Wildman–Crippen MR) is 69.8 cm³/mol. The van der Waals surface area contributed by atoms with Gasteiger partial charge in [0, 0.05) is 12.5 Å². The molecule has 0 fully saturated rings. The van der Waals surface area contributed by atoms with Crippen LogP contribution in [0.3, 0.4) is 0 Å². The molecule has 1 aromatic carbocycles. The van der Waals surface area contributed by atoms with Gasteiger partial charge in [-0.25, -0.2) is 9.50 Å². The van der Waals surface area contributed by atoms with Crippen LogP contribution in [0.5, 0.6) is 0 Å². The third-order valence-corrected chi connectivity index (χ3v) is 2.88. The molecule has 3 rings (SSSR count). The quantitative estimate of drug-likeness (QED) is 0.742. The number of rotatable bonds is 2. The number of aromatic amines is 1. The van der Waals surface area contributed by atoms with E-state index in [1.165, 1.54) is 21.7 Å². The van der Waals surface area contributed by atoms with Gasteiger partial charge in [0.25, 0.3) is 5.56 Å². The van der Waals surface area contributed by atoms with Crippen LogP contribution in [-0.4, -0.2) is 14.6 Å². The highest BCUT2D eigenvalue weighted by atomic mass is 16.1. The fourth-order valence-corrected chi connectivity index (χ4v) is 2.06. The lowest BCUT2D eigenvalue weighted by Gasteiger charge is -1.99. The summed E-state index contributed by atoms with van der Waals surface area (Å²) in [4.78, 5) is 16.0. The average Bonchev–Trinajstić information content (AvgIpc) is 2.73. The van der Waals surface area contributed by atoms with Gasteiger partial charge >= 0.3 is 0 Å². The number of aromatic nitrogens is 3. The highest BCUT2D eigenvalue weighted by molar-refractivity contribution is 5.37. The van der Waals surface area contributed by atoms with E-state index in [-0.39, 0.29) is 5.56 Å². The van der Waals surface area contributed by atoms with Crippen molar-refractivity contribution in [1.82, 2.24) is 14.6 Å². The number of H-pyrrole nitrogens is 1. The van der Waals surface area contributed by atoms with E-state index in [1.54, 1.807) is 6.07 Å². The van der Waals surface area contributed by atoms with Crippen molar-refractivity contribution in [3.63, 3.8) is 0 Å². The molecule has 0 saturated carbocycles.